The first-order valence-corrected chi connectivity index (χ1v) is 6.59. The summed E-state index contributed by atoms with van der Waals surface area (Å²) >= 11 is 0. The van der Waals surface area contributed by atoms with E-state index in [2.05, 4.69) is 0 Å². The maximum Gasteiger partial charge on any atom is 2.00 e. The average molecular weight is 444 g/mol. The number of aromatic carboxylic acids is 2. The maximum absolute atomic E-state index is 12.0. The van der Waals surface area contributed by atoms with Gasteiger partial charge in [0.25, 0.3) is 0 Å². The van der Waals surface area contributed by atoms with Gasteiger partial charge in [-0.15, -0.1) is 0 Å². The molecule has 2 rings (SSSR count). The second-order valence-corrected chi connectivity index (χ2v) is 4.73. The molecular formula is C16H8F6O4Zn. The minimum Gasteiger partial charge on any atom is -0.545 e. The summed E-state index contributed by atoms with van der Waals surface area (Å²) in [5.74, 6) is -2.98. The van der Waals surface area contributed by atoms with E-state index >= 15 is 0 Å². The smallest absolute Gasteiger partial charge is 0.545 e. The van der Waals surface area contributed by atoms with E-state index in [1.54, 1.807) is 0 Å². The topological polar surface area (TPSA) is 80.3 Å². The molecule has 0 aliphatic carbocycles. The summed E-state index contributed by atoms with van der Waals surface area (Å²) in [6.45, 7) is 0. The molecule has 0 aliphatic rings. The van der Waals surface area contributed by atoms with Crippen LogP contribution < -0.4 is 10.2 Å². The Hall–Kier alpha value is -2.42. The van der Waals surface area contributed by atoms with Crippen molar-refractivity contribution in [3.63, 3.8) is 0 Å². The number of halogens is 6. The van der Waals surface area contributed by atoms with Gasteiger partial charge in [0.2, 0.25) is 0 Å². The molecule has 0 aliphatic heterocycles. The van der Waals surface area contributed by atoms with Crippen LogP contribution in [0.5, 0.6) is 0 Å². The molecule has 140 valence electrons. The molecule has 0 amide bonds. The Morgan fingerprint density at radius 2 is 0.815 bits per heavy atom. The number of hydrogen-bond acceptors (Lipinski definition) is 4. The molecule has 0 saturated heterocycles. The van der Waals surface area contributed by atoms with E-state index in [1.807, 2.05) is 0 Å². The van der Waals surface area contributed by atoms with Crippen LogP contribution in [0.15, 0.2) is 48.5 Å². The number of hydrogen-bond donors (Lipinski definition) is 0. The third kappa shape index (κ3) is 7.78. The maximum atomic E-state index is 12.0. The van der Waals surface area contributed by atoms with Crippen LogP contribution in [0.1, 0.15) is 31.8 Å². The van der Waals surface area contributed by atoms with E-state index < -0.39 is 35.4 Å². The fourth-order valence-corrected chi connectivity index (χ4v) is 1.59. The summed E-state index contributed by atoms with van der Waals surface area (Å²) in [6.07, 6.45) is -8.88. The molecule has 0 heterocycles. The van der Waals surface area contributed by atoms with Gasteiger partial charge in [-0.25, -0.2) is 0 Å². The molecule has 2 aromatic rings. The van der Waals surface area contributed by atoms with Gasteiger partial charge in [0, 0.05) is 0 Å². The van der Waals surface area contributed by atoms with Crippen LogP contribution in [0.2, 0.25) is 0 Å². The fourth-order valence-electron chi connectivity index (χ4n) is 1.59. The first-order valence-electron chi connectivity index (χ1n) is 6.59. The zero-order valence-corrected chi connectivity index (χ0v) is 16.2. The third-order valence-electron chi connectivity index (χ3n) is 2.90. The molecule has 0 fully saturated rings. The molecule has 4 nitrogen and oxygen atoms in total. The van der Waals surface area contributed by atoms with Gasteiger partial charge in [0.1, 0.15) is 0 Å². The Morgan fingerprint density at radius 3 is 0.963 bits per heavy atom. The van der Waals surface area contributed by atoms with Crippen molar-refractivity contribution in [3.8, 4) is 0 Å². The molecule has 0 bridgehead atoms. The van der Waals surface area contributed by atoms with Crippen LogP contribution in [-0.2, 0) is 31.8 Å². The summed E-state index contributed by atoms with van der Waals surface area (Å²) in [7, 11) is 0. The van der Waals surface area contributed by atoms with E-state index in [9.17, 15) is 46.1 Å². The predicted octanol–water partition coefficient (Wildman–Crippen LogP) is 2.14. The predicted molar refractivity (Wildman–Crippen MR) is 71.5 cm³/mol. The molecule has 0 saturated carbocycles. The van der Waals surface area contributed by atoms with Gasteiger partial charge >= 0.3 is 31.8 Å². The van der Waals surface area contributed by atoms with Crippen molar-refractivity contribution in [2.45, 2.75) is 12.4 Å². The second-order valence-electron chi connectivity index (χ2n) is 4.73. The SMILES string of the molecule is O=C([O-])c1ccc(C(F)(F)F)cc1.O=C([O-])c1ccc(C(F)(F)F)cc1.[Zn+2]. The van der Waals surface area contributed by atoms with Gasteiger partial charge in [0.05, 0.1) is 23.1 Å². The molecule has 0 aromatic heterocycles. The van der Waals surface area contributed by atoms with Crippen LogP contribution in [0.25, 0.3) is 0 Å². The molecule has 0 spiro atoms. The zero-order valence-electron chi connectivity index (χ0n) is 13.2. The zero-order chi connectivity index (χ0) is 20.1. The van der Waals surface area contributed by atoms with Gasteiger partial charge in [-0.3, -0.25) is 0 Å². The number of carboxylic acids is 2. The summed E-state index contributed by atoms with van der Waals surface area (Å²) in [5, 5.41) is 20.3. The fraction of sp³-hybridized carbons (Fsp3) is 0.125. The second kappa shape index (κ2) is 9.50. The van der Waals surface area contributed by atoms with Crippen molar-refractivity contribution in [2.24, 2.45) is 0 Å². The van der Waals surface area contributed by atoms with E-state index in [0.29, 0.717) is 24.3 Å². The Kier molecular flexibility index (Phi) is 8.65. The summed E-state index contributed by atoms with van der Waals surface area (Å²) in [6, 6.07) is 6.24. The first kappa shape index (κ1) is 24.6. The number of alkyl halides is 6. The normalized spacial score (nSPS) is 10.9. The standard InChI is InChI=1S/2C8H5F3O2.Zn/c2*9-8(10,11)6-3-1-5(2-4-6)7(12)13;/h2*1-4H,(H,12,13);/q;;+2/p-2. The number of carbonyl (C=O) groups is 2. The molecule has 0 atom stereocenters. The van der Waals surface area contributed by atoms with Crippen LogP contribution >= 0.6 is 0 Å². The monoisotopic (exact) mass is 442 g/mol. The molecule has 0 N–H and O–H groups in total. The van der Waals surface area contributed by atoms with Gasteiger partial charge in [0.15, 0.2) is 0 Å². The number of carbonyl (C=O) groups excluding carboxylic acids is 2. The van der Waals surface area contributed by atoms with E-state index in [-0.39, 0.29) is 30.6 Å². The summed E-state index contributed by atoms with van der Waals surface area (Å²) in [5.41, 5.74) is -2.30. The largest absolute Gasteiger partial charge is 2.00 e. The van der Waals surface area contributed by atoms with Crippen molar-refractivity contribution in [1.29, 1.82) is 0 Å². The van der Waals surface area contributed by atoms with Crippen molar-refractivity contribution in [2.75, 3.05) is 0 Å². The van der Waals surface area contributed by atoms with Crippen LogP contribution in [0, 0.1) is 0 Å². The van der Waals surface area contributed by atoms with Crippen LogP contribution in [0.3, 0.4) is 0 Å². The van der Waals surface area contributed by atoms with Gasteiger partial charge < -0.3 is 19.8 Å². The van der Waals surface area contributed by atoms with Crippen molar-refractivity contribution >= 4 is 11.9 Å². The molecule has 11 heteroatoms. The van der Waals surface area contributed by atoms with Crippen LogP contribution in [0.4, 0.5) is 26.3 Å². The van der Waals surface area contributed by atoms with Crippen molar-refractivity contribution in [1.82, 2.24) is 0 Å². The molecule has 27 heavy (non-hydrogen) atoms. The Morgan fingerprint density at radius 1 is 0.593 bits per heavy atom. The quantitative estimate of drug-likeness (QED) is 0.526. The summed E-state index contributed by atoms with van der Waals surface area (Å²) < 4.78 is 71.7. The minimum absolute atomic E-state index is 0. The Balaban J connectivity index is 0.000000483. The Bertz CT molecular complexity index is 700. The van der Waals surface area contributed by atoms with Crippen molar-refractivity contribution < 1.29 is 65.6 Å². The average Bonchev–Trinajstić information content (AvgIpc) is 2.54. The van der Waals surface area contributed by atoms with E-state index in [0.717, 1.165) is 24.3 Å². The third-order valence-corrected chi connectivity index (χ3v) is 2.90. The Labute approximate surface area is 161 Å². The summed E-state index contributed by atoms with van der Waals surface area (Å²) in [4.78, 5) is 20.3. The van der Waals surface area contributed by atoms with Gasteiger partial charge in [-0.1, -0.05) is 24.3 Å². The van der Waals surface area contributed by atoms with E-state index in [4.69, 9.17) is 0 Å². The first-order chi connectivity index (χ1) is 11.8. The number of benzene rings is 2. The van der Waals surface area contributed by atoms with E-state index in [1.165, 1.54) is 0 Å². The minimum atomic E-state index is -4.44. The molecule has 0 radical (unpaired) electrons. The van der Waals surface area contributed by atoms with Crippen molar-refractivity contribution in [3.05, 3.63) is 70.8 Å². The van der Waals surface area contributed by atoms with Gasteiger partial charge in [-0.2, -0.15) is 26.3 Å². The van der Waals surface area contributed by atoms with Gasteiger partial charge in [-0.05, 0) is 35.4 Å². The molecule has 0 unspecified atom stereocenters. The van der Waals surface area contributed by atoms with Crippen LogP contribution in [-0.4, -0.2) is 11.9 Å². The number of rotatable bonds is 2. The molecule has 2 aromatic carbocycles. The number of carboxylic acid groups (broad SMARTS) is 2. The molecular weight excluding hydrogens is 436 g/mol.